The molecule has 2 atom stereocenters. The largest absolute Gasteiger partial charge is 0.494 e. The minimum atomic E-state index is -0.601. The van der Waals surface area contributed by atoms with Crippen LogP contribution in [0.15, 0.2) is 42.5 Å². The average molecular weight is 528 g/mol. The van der Waals surface area contributed by atoms with Gasteiger partial charge in [0.15, 0.2) is 0 Å². The first-order valence-electron chi connectivity index (χ1n) is 13.0. The zero-order chi connectivity index (χ0) is 26.4. The summed E-state index contributed by atoms with van der Waals surface area (Å²) in [6.45, 7) is 5.95. The molecule has 3 amide bonds. The predicted molar refractivity (Wildman–Crippen MR) is 141 cm³/mol. The van der Waals surface area contributed by atoms with Gasteiger partial charge in [-0.3, -0.25) is 14.4 Å². The molecule has 0 unspecified atom stereocenters. The van der Waals surface area contributed by atoms with Crippen molar-refractivity contribution < 1.29 is 23.9 Å². The van der Waals surface area contributed by atoms with Crippen LogP contribution in [0.1, 0.15) is 55.5 Å². The van der Waals surface area contributed by atoms with E-state index in [0.29, 0.717) is 67.8 Å². The molecular weight excluding hydrogens is 494 g/mol. The van der Waals surface area contributed by atoms with E-state index in [4.69, 9.17) is 21.1 Å². The molecule has 0 aliphatic carbocycles. The average Bonchev–Trinajstić information content (AvgIpc) is 3.58. The topological polar surface area (TPSA) is 88.2 Å². The standard InChI is InChI=1S/C28H34ClN3O5/c1-3-36-21-15-20(16-22(17-21)37-4-2)27(34)32-14-8-12-25(32)28(35)31-13-7-11-24(31)26(33)30-18-19-9-5-6-10-23(19)29/h5-6,9-10,15-17,24-25H,3-4,7-8,11-14,18H2,1-2H3,(H,30,33)/t24-,25-/m1/s1. The number of hydrogen-bond acceptors (Lipinski definition) is 5. The van der Waals surface area contributed by atoms with Gasteiger partial charge < -0.3 is 24.6 Å². The highest BCUT2D eigenvalue weighted by Gasteiger charge is 2.42. The van der Waals surface area contributed by atoms with Crippen molar-refractivity contribution in [2.24, 2.45) is 0 Å². The molecule has 2 aromatic rings. The van der Waals surface area contributed by atoms with Gasteiger partial charge in [0, 0.05) is 36.3 Å². The normalized spacial score (nSPS) is 19.1. The van der Waals surface area contributed by atoms with Gasteiger partial charge in [-0.1, -0.05) is 29.8 Å². The van der Waals surface area contributed by atoms with E-state index in [1.165, 1.54) is 0 Å². The first-order valence-corrected chi connectivity index (χ1v) is 13.3. The number of nitrogens with zero attached hydrogens (tertiary/aromatic N) is 2. The van der Waals surface area contributed by atoms with Crippen molar-refractivity contribution in [3.63, 3.8) is 0 Å². The van der Waals surface area contributed by atoms with Gasteiger partial charge in [0.25, 0.3) is 5.91 Å². The summed E-state index contributed by atoms with van der Waals surface area (Å²) in [5.74, 6) is 0.485. The summed E-state index contributed by atoms with van der Waals surface area (Å²) in [5, 5.41) is 3.51. The molecule has 2 aliphatic heterocycles. The lowest BCUT2D eigenvalue weighted by Crippen LogP contribution is -2.52. The number of benzene rings is 2. The lowest BCUT2D eigenvalue weighted by Gasteiger charge is -2.31. The number of carbonyl (C=O) groups excluding carboxylic acids is 3. The molecular formula is C28H34ClN3O5. The van der Waals surface area contributed by atoms with E-state index in [0.717, 1.165) is 18.4 Å². The molecule has 0 bridgehead atoms. The van der Waals surface area contributed by atoms with Crippen molar-refractivity contribution in [1.82, 2.24) is 15.1 Å². The number of ether oxygens (including phenoxy) is 2. The number of hydrogen-bond donors (Lipinski definition) is 1. The monoisotopic (exact) mass is 527 g/mol. The van der Waals surface area contributed by atoms with Gasteiger partial charge >= 0.3 is 0 Å². The van der Waals surface area contributed by atoms with Crippen molar-refractivity contribution in [1.29, 1.82) is 0 Å². The molecule has 2 saturated heterocycles. The van der Waals surface area contributed by atoms with Gasteiger partial charge in [-0.25, -0.2) is 0 Å². The number of halogens is 1. The second-order valence-electron chi connectivity index (χ2n) is 9.21. The van der Waals surface area contributed by atoms with E-state index in [2.05, 4.69) is 5.32 Å². The summed E-state index contributed by atoms with van der Waals surface area (Å²) < 4.78 is 11.3. The van der Waals surface area contributed by atoms with Crippen molar-refractivity contribution in [3.05, 3.63) is 58.6 Å². The molecule has 198 valence electrons. The number of nitrogens with one attached hydrogen (secondary N) is 1. The van der Waals surface area contributed by atoms with Crippen LogP contribution in [-0.2, 0) is 16.1 Å². The Labute approximate surface area is 222 Å². The zero-order valence-corrected chi connectivity index (χ0v) is 22.1. The number of amides is 3. The van der Waals surface area contributed by atoms with Crippen LogP contribution in [0.2, 0.25) is 5.02 Å². The summed E-state index contributed by atoms with van der Waals surface area (Å²) >= 11 is 6.21. The Balaban J connectivity index is 1.46. The van der Waals surface area contributed by atoms with Crippen LogP contribution in [-0.4, -0.2) is 65.9 Å². The van der Waals surface area contributed by atoms with Gasteiger partial charge in [-0.2, -0.15) is 0 Å². The van der Waals surface area contributed by atoms with Crippen LogP contribution < -0.4 is 14.8 Å². The lowest BCUT2D eigenvalue weighted by molar-refractivity contribution is -0.141. The maximum absolute atomic E-state index is 13.7. The van der Waals surface area contributed by atoms with Gasteiger partial charge in [0.2, 0.25) is 11.8 Å². The summed E-state index contributed by atoms with van der Waals surface area (Å²) in [6.07, 6.45) is 2.63. The molecule has 9 heteroatoms. The van der Waals surface area contributed by atoms with Crippen molar-refractivity contribution in [2.75, 3.05) is 26.3 Å². The summed E-state index contributed by atoms with van der Waals surface area (Å²) in [5.41, 5.74) is 1.24. The fourth-order valence-electron chi connectivity index (χ4n) is 5.06. The smallest absolute Gasteiger partial charge is 0.254 e. The third-order valence-electron chi connectivity index (χ3n) is 6.80. The molecule has 8 nitrogen and oxygen atoms in total. The molecule has 2 aliphatic rings. The molecule has 0 aromatic heterocycles. The maximum atomic E-state index is 13.7. The molecule has 0 saturated carbocycles. The molecule has 4 rings (SSSR count). The highest BCUT2D eigenvalue weighted by Crippen LogP contribution is 2.29. The van der Waals surface area contributed by atoms with Gasteiger partial charge in [0.05, 0.1) is 13.2 Å². The summed E-state index contributed by atoms with van der Waals surface area (Å²) in [6, 6.07) is 11.3. The van der Waals surface area contributed by atoms with Crippen LogP contribution in [0.5, 0.6) is 11.5 Å². The molecule has 1 N–H and O–H groups in total. The maximum Gasteiger partial charge on any atom is 0.254 e. The number of likely N-dealkylation sites (tertiary alicyclic amines) is 2. The van der Waals surface area contributed by atoms with Crippen LogP contribution in [0.3, 0.4) is 0 Å². The summed E-state index contributed by atoms with van der Waals surface area (Å²) in [4.78, 5) is 43.5. The molecule has 0 spiro atoms. The lowest BCUT2D eigenvalue weighted by atomic mass is 10.1. The van der Waals surface area contributed by atoms with E-state index < -0.39 is 12.1 Å². The summed E-state index contributed by atoms with van der Waals surface area (Å²) in [7, 11) is 0. The zero-order valence-electron chi connectivity index (χ0n) is 21.4. The first kappa shape index (κ1) is 26.8. The highest BCUT2D eigenvalue weighted by atomic mass is 35.5. The molecule has 0 radical (unpaired) electrons. The second kappa shape index (κ2) is 12.3. The Morgan fingerprint density at radius 2 is 1.54 bits per heavy atom. The SMILES string of the molecule is CCOc1cc(OCC)cc(C(=O)N2CCC[C@@H]2C(=O)N2CCC[C@@H]2C(=O)NCc2ccccc2Cl)c1. The van der Waals surface area contributed by atoms with E-state index >= 15 is 0 Å². The van der Waals surface area contributed by atoms with E-state index in [1.54, 1.807) is 34.1 Å². The fraction of sp³-hybridized carbons (Fsp3) is 0.464. The highest BCUT2D eigenvalue weighted by molar-refractivity contribution is 6.31. The quantitative estimate of drug-likeness (QED) is 0.531. The Morgan fingerprint density at radius 3 is 2.19 bits per heavy atom. The molecule has 37 heavy (non-hydrogen) atoms. The van der Waals surface area contributed by atoms with Gasteiger partial charge in [-0.15, -0.1) is 0 Å². The first-order chi connectivity index (χ1) is 17.9. The van der Waals surface area contributed by atoms with Crippen LogP contribution in [0.25, 0.3) is 0 Å². The van der Waals surface area contributed by atoms with Crippen molar-refractivity contribution >= 4 is 29.3 Å². The molecule has 2 fully saturated rings. The van der Waals surface area contributed by atoms with E-state index in [1.807, 2.05) is 32.0 Å². The van der Waals surface area contributed by atoms with Crippen molar-refractivity contribution in [2.45, 2.75) is 58.2 Å². The van der Waals surface area contributed by atoms with E-state index in [-0.39, 0.29) is 17.7 Å². The van der Waals surface area contributed by atoms with Crippen molar-refractivity contribution in [3.8, 4) is 11.5 Å². The van der Waals surface area contributed by atoms with Gasteiger partial charge in [-0.05, 0) is 63.3 Å². The fourth-order valence-corrected chi connectivity index (χ4v) is 5.27. The minimum Gasteiger partial charge on any atom is -0.494 e. The van der Waals surface area contributed by atoms with Crippen LogP contribution >= 0.6 is 11.6 Å². The molecule has 2 aromatic carbocycles. The van der Waals surface area contributed by atoms with Crippen LogP contribution in [0, 0.1) is 0 Å². The Morgan fingerprint density at radius 1 is 0.919 bits per heavy atom. The minimum absolute atomic E-state index is 0.174. The third kappa shape index (κ3) is 6.18. The second-order valence-corrected chi connectivity index (χ2v) is 9.62. The molecule has 2 heterocycles. The Bertz CT molecular complexity index is 1120. The predicted octanol–water partition coefficient (Wildman–Crippen LogP) is 4.05. The van der Waals surface area contributed by atoms with Crippen LogP contribution in [0.4, 0.5) is 0 Å². The Kier molecular flexibility index (Phi) is 8.92. The van der Waals surface area contributed by atoms with E-state index in [9.17, 15) is 14.4 Å². The number of rotatable bonds is 9. The third-order valence-corrected chi connectivity index (χ3v) is 7.17. The number of carbonyl (C=O) groups is 3. The Hall–Kier alpha value is -3.26. The van der Waals surface area contributed by atoms with Gasteiger partial charge in [0.1, 0.15) is 23.6 Å².